The Labute approximate surface area is 202 Å². The Kier molecular flexibility index (Phi) is 6.35. The Bertz CT molecular complexity index is 1330. The summed E-state index contributed by atoms with van der Waals surface area (Å²) >= 11 is 0. The van der Waals surface area contributed by atoms with Gasteiger partial charge < -0.3 is 20.3 Å². The second-order valence-electron chi connectivity index (χ2n) is 8.58. The standard InChI is InChI=1S/C26H26N6O3/c1-28-14-17-2-4-18(5-3-17)20-13-23(35-32-20)22-16-29-15-21(31-22)19-6-9-30-24(12-19)26(25(27)33)7-10-34-11-8-26/h2-6,9,12-13,15-16,28H,7-8,10-11,14H2,1H3,(H2,27,33). The van der Waals surface area contributed by atoms with Gasteiger partial charge in [0.15, 0.2) is 5.76 Å². The summed E-state index contributed by atoms with van der Waals surface area (Å²) in [6.07, 6.45) is 5.97. The van der Waals surface area contributed by atoms with Crippen LogP contribution in [0.15, 0.2) is 65.6 Å². The Morgan fingerprint density at radius 1 is 1.03 bits per heavy atom. The van der Waals surface area contributed by atoms with Gasteiger partial charge in [-0.1, -0.05) is 29.4 Å². The number of nitrogens with zero attached hydrogens (tertiary/aromatic N) is 4. The highest BCUT2D eigenvalue weighted by atomic mass is 16.5. The number of benzene rings is 1. The molecule has 1 aliphatic heterocycles. The van der Waals surface area contributed by atoms with E-state index in [1.807, 2.05) is 37.4 Å². The van der Waals surface area contributed by atoms with Gasteiger partial charge in [0.25, 0.3) is 0 Å². The van der Waals surface area contributed by atoms with Crippen molar-refractivity contribution < 1.29 is 14.1 Å². The van der Waals surface area contributed by atoms with E-state index in [2.05, 4.69) is 32.6 Å². The molecule has 0 unspecified atom stereocenters. The van der Waals surface area contributed by atoms with Crippen LogP contribution in [-0.2, 0) is 21.5 Å². The molecule has 0 aliphatic carbocycles. The van der Waals surface area contributed by atoms with E-state index in [0.29, 0.717) is 48.9 Å². The molecule has 178 valence electrons. The number of carbonyl (C=O) groups excluding carboxylic acids is 1. The van der Waals surface area contributed by atoms with E-state index in [9.17, 15) is 4.79 Å². The largest absolute Gasteiger partial charge is 0.381 e. The van der Waals surface area contributed by atoms with Crippen LogP contribution in [-0.4, -0.2) is 46.3 Å². The second-order valence-corrected chi connectivity index (χ2v) is 8.58. The summed E-state index contributed by atoms with van der Waals surface area (Å²) in [5.41, 5.74) is 10.4. The van der Waals surface area contributed by atoms with Gasteiger partial charge in [-0.25, -0.2) is 4.98 Å². The molecule has 0 spiro atoms. The number of primary amides is 1. The number of aromatic nitrogens is 4. The maximum atomic E-state index is 12.4. The third kappa shape index (κ3) is 4.55. The molecule has 4 aromatic rings. The first-order chi connectivity index (χ1) is 17.1. The summed E-state index contributed by atoms with van der Waals surface area (Å²) in [7, 11) is 1.92. The monoisotopic (exact) mass is 470 g/mol. The fourth-order valence-electron chi connectivity index (χ4n) is 4.35. The van der Waals surface area contributed by atoms with E-state index < -0.39 is 11.3 Å². The highest BCUT2D eigenvalue weighted by molar-refractivity contribution is 5.86. The van der Waals surface area contributed by atoms with Gasteiger partial charge in [-0.2, -0.15) is 0 Å². The van der Waals surface area contributed by atoms with E-state index in [0.717, 1.165) is 23.4 Å². The van der Waals surface area contributed by atoms with Crippen molar-refractivity contribution in [2.75, 3.05) is 20.3 Å². The summed E-state index contributed by atoms with van der Waals surface area (Å²) in [4.78, 5) is 26.0. The van der Waals surface area contributed by atoms with Crippen molar-refractivity contribution in [3.05, 3.63) is 72.3 Å². The molecule has 35 heavy (non-hydrogen) atoms. The van der Waals surface area contributed by atoms with Gasteiger partial charge in [-0.05, 0) is 37.6 Å². The van der Waals surface area contributed by atoms with E-state index in [4.69, 9.17) is 20.0 Å². The van der Waals surface area contributed by atoms with E-state index >= 15 is 0 Å². The third-order valence-electron chi connectivity index (χ3n) is 6.39. The van der Waals surface area contributed by atoms with Crippen molar-refractivity contribution in [1.82, 2.24) is 25.4 Å². The SMILES string of the molecule is CNCc1ccc(-c2cc(-c3cncc(-c4ccnc(C5(C(N)=O)CCOCC5)c4)n3)on2)cc1. The predicted molar refractivity (Wildman–Crippen MR) is 130 cm³/mol. The first kappa shape index (κ1) is 22.8. The minimum absolute atomic E-state index is 0.390. The summed E-state index contributed by atoms with van der Waals surface area (Å²) in [6.45, 7) is 1.74. The van der Waals surface area contributed by atoms with Crippen LogP contribution >= 0.6 is 0 Å². The van der Waals surface area contributed by atoms with E-state index in [1.54, 1.807) is 18.6 Å². The molecular formula is C26H26N6O3. The van der Waals surface area contributed by atoms with Crippen LogP contribution in [0, 0.1) is 0 Å². The number of nitrogens with one attached hydrogen (secondary N) is 1. The molecule has 0 radical (unpaired) electrons. The third-order valence-corrected chi connectivity index (χ3v) is 6.39. The zero-order valence-corrected chi connectivity index (χ0v) is 19.4. The van der Waals surface area contributed by atoms with Gasteiger partial charge >= 0.3 is 0 Å². The van der Waals surface area contributed by atoms with Crippen molar-refractivity contribution >= 4 is 5.91 Å². The lowest BCUT2D eigenvalue weighted by atomic mass is 9.76. The van der Waals surface area contributed by atoms with Gasteiger partial charge in [0, 0.05) is 43.1 Å². The van der Waals surface area contributed by atoms with Crippen molar-refractivity contribution in [2.24, 2.45) is 5.73 Å². The number of hydrogen-bond acceptors (Lipinski definition) is 8. The highest BCUT2D eigenvalue weighted by Crippen LogP contribution is 2.35. The number of nitrogens with two attached hydrogens (primary N) is 1. The number of pyridine rings is 1. The Balaban J connectivity index is 1.43. The summed E-state index contributed by atoms with van der Waals surface area (Å²) in [5, 5.41) is 7.35. The summed E-state index contributed by atoms with van der Waals surface area (Å²) in [5.74, 6) is 0.124. The van der Waals surface area contributed by atoms with Crippen LogP contribution in [0.4, 0.5) is 0 Å². The Morgan fingerprint density at radius 3 is 2.54 bits per heavy atom. The van der Waals surface area contributed by atoms with Crippen molar-refractivity contribution in [1.29, 1.82) is 0 Å². The smallest absolute Gasteiger partial charge is 0.229 e. The molecule has 9 heteroatoms. The zero-order valence-electron chi connectivity index (χ0n) is 19.4. The lowest BCUT2D eigenvalue weighted by Crippen LogP contribution is -2.46. The molecule has 4 heterocycles. The Morgan fingerprint density at radius 2 is 1.80 bits per heavy atom. The predicted octanol–water partition coefficient (Wildman–Crippen LogP) is 3.11. The van der Waals surface area contributed by atoms with Crippen molar-refractivity contribution in [3.8, 4) is 34.0 Å². The molecule has 1 aromatic carbocycles. The molecule has 1 fully saturated rings. The van der Waals surface area contributed by atoms with Crippen LogP contribution in [0.3, 0.4) is 0 Å². The molecule has 3 aromatic heterocycles. The summed E-state index contributed by atoms with van der Waals surface area (Å²) in [6, 6.07) is 13.7. The van der Waals surface area contributed by atoms with Crippen LogP contribution in [0.5, 0.6) is 0 Å². The van der Waals surface area contributed by atoms with Crippen molar-refractivity contribution in [3.63, 3.8) is 0 Å². The highest BCUT2D eigenvalue weighted by Gasteiger charge is 2.41. The molecule has 5 rings (SSSR count). The molecule has 1 aliphatic rings. The van der Waals surface area contributed by atoms with E-state index in [-0.39, 0.29) is 0 Å². The molecule has 1 saturated heterocycles. The molecule has 0 saturated carbocycles. The Hall–Kier alpha value is -3.95. The van der Waals surface area contributed by atoms with Gasteiger partial charge in [0.05, 0.1) is 29.2 Å². The molecule has 1 amide bonds. The van der Waals surface area contributed by atoms with Gasteiger partial charge in [-0.15, -0.1) is 0 Å². The molecule has 3 N–H and O–H groups in total. The van der Waals surface area contributed by atoms with Crippen molar-refractivity contribution in [2.45, 2.75) is 24.8 Å². The lowest BCUT2D eigenvalue weighted by molar-refractivity contribution is -0.127. The fourth-order valence-corrected chi connectivity index (χ4v) is 4.35. The number of hydrogen-bond donors (Lipinski definition) is 2. The minimum Gasteiger partial charge on any atom is -0.381 e. The normalized spacial score (nSPS) is 15.1. The maximum absolute atomic E-state index is 12.4. The quantitative estimate of drug-likeness (QED) is 0.422. The second kappa shape index (κ2) is 9.73. The van der Waals surface area contributed by atoms with Gasteiger partial charge in [0.1, 0.15) is 11.4 Å². The first-order valence-electron chi connectivity index (χ1n) is 11.5. The van der Waals surface area contributed by atoms with Crippen LogP contribution < -0.4 is 11.1 Å². The molecular weight excluding hydrogens is 444 g/mol. The maximum Gasteiger partial charge on any atom is 0.229 e. The minimum atomic E-state index is -0.845. The molecule has 0 atom stereocenters. The molecule has 9 nitrogen and oxygen atoms in total. The first-order valence-corrected chi connectivity index (χ1v) is 11.5. The van der Waals surface area contributed by atoms with Gasteiger partial charge in [0.2, 0.25) is 5.91 Å². The number of amides is 1. The number of carbonyl (C=O) groups is 1. The lowest BCUT2D eigenvalue weighted by Gasteiger charge is -2.33. The van der Waals surface area contributed by atoms with Crippen LogP contribution in [0.2, 0.25) is 0 Å². The van der Waals surface area contributed by atoms with Crippen LogP contribution in [0.1, 0.15) is 24.1 Å². The topological polar surface area (TPSA) is 129 Å². The van der Waals surface area contributed by atoms with Crippen LogP contribution in [0.25, 0.3) is 34.0 Å². The number of ether oxygens (including phenoxy) is 1. The average Bonchev–Trinajstić information content (AvgIpc) is 3.40. The van der Waals surface area contributed by atoms with Gasteiger partial charge in [-0.3, -0.25) is 14.8 Å². The van der Waals surface area contributed by atoms with E-state index in [1.165, 1.54) is 5.56 Å². The number of rotatable bonds is 7. The average molecular weight is 471 g/mol. The zero-order chi connectivity index (χ0) is 24.3. The molecule has 0 bridgehead atoms. The summed E-state index contributed by atoms with van der Waals surface area (Å²) < 4.78 is 11.0. The fraction of sp³-hybridized carbons (Fsp3) is 0.269.